The van der Waals surface area contributed by atoms with Gasteiger partial charge in [0.2, 0.25) is 0 Å². The van der Waals surface area contributed by atoms with Gasteiger partial charge in [-0.3, -0.25) is 0 Å². The van der Waals surface area contributed by atoms with Crippen LogP contribution in [0.25, 0.3) is 0 Å². The van der Waals surface area contributed by atoms with E-state index in [1.807, 2.05) is 0 Å². The molecule has 2 nitrogen and oxygen atoms in total. The average molecular weight is 348 g/mol. The fourth-order valence-corrected chi connectivity index (χ4v) is 0. The van der Waals surface area contributed by atoms with Gasteiger partial charge < -0.3 is 11.0 Å². The molecular formula is H4CoLaMnNiO2. The van der Waals surface area contributed by atoms with E-state index in [2.05, 4.69) is 0 Å². The van der Waals surface area contributed by atoms with Crippen LogP contribution in [-0.4, -0.2) is 11.0 Å². The molecule has 0 unspecified atom stereocenters. The maximum Gasteiger partial charge on any atom is 0 e. The molecule has 0 fully saturated rings. The standard InChI is InChI=1S/Co.La.Mn.Ni.2H2O/h;;;;2*1H2. The summed E-state index contributed by atoms with van der Waals surface area (Å²) in [5.74, 6) is 0. The van der Waals surface area contributed by atoms with E-state index in [1.165, 1.54) is 0 Å². The van der Waals surface area contributed by atoms with Crippen molar-refractivity contribution in [3.05, 3.63) is 0 Å². The van der Waals surface area contributed by atoms with Gasteiger partial charge >= 0.3 is 0 Å². The monoisotopic (exact) mass is 347 g/mol. The van der Waals surface area contributed by atoms with E-state index in [0.29, 0.717) is 0 Å². The second-order valence-electron chi connectivity index (χ2n) is 0. The Bertz CT molecular complexity index is 13.5. The van der Waals surface area contributed by atoms with E-state index in [9.17, 15) is 0 Å². The molecule has 4 N–H and O–H groups in total. The summed E-state index contributed by atoms with van der Waals surface area (Å²) in [6, 6.07) is 0. The zero-order valence-corrected chi connectivity index (χ0v) is 9.44. The quantitative estimate of drug-likeness (QED) is 0.471. The van der Waals surface area contributed by atoms with Crippen molar-refractivity contribution >= 4 is 0 Å². The van der Waals surface area contributed by atoms with Crippen LogP contribution in [0.1, 0.15) is 0 Å². The number of hydrogen-bond donors (Lipinski definition) is 0. The minimum Gasteiger partial charge on any atom is -0.412 e. The summed E-state index contributed by atoms with van der Waals surface area (Å²) < 4.78 is 0. The van der Waals surface area contributed by atoms with Crippen LogP contribution in [0, 0.1) is 35.6 Å². The van der Waals surface area contributed by atoms with Crippen molar-refractivity contribution in [1.82, 2.24) is 0 Å². The fraction of sp³-hybridized carbons (Fsp3) is 0. The molecule has 0 spiro atoms. The van der Waals surface area contributed by atoms with Gasteiger partial charge in [-0.2, -0.15) is 0 Å². The summed E-state index contributed by atoms with van der Waals surface area (Å²) in [6.45, 7) is 0. The zero-order chi connectivity index (χ0) is 0. The van der Waals surface area contributed by atoms with Crippen LogP contribution in [-0.2, 0) is 50.3 Å². The van der Waals surface area contributed by atoms with Gasteiger partial charge in [-0.25, -0.2) is 0 Å². The summed E-state index contributed by atoms with van der Waals surface area (Å²) in [5.41, 5.74) is 0. The summed E-state index contributed by atoms with van der Waals surface area (Å²) >= 11 is 0. The van der Waals surface area contributed by atoms with Crippen molar-refractivity contribution in [3.8, 4) is 0 Å². The van der Waals surface area contributed by atoms with Crippen LogP contribution in [0.4, 0.5) is 0 Å². The van der Waals surface area contributed by atoms with Gasteiger partial charge in [0, 0.05) is 85.9 Å². The third-order valence-corrected chi connectivity index (χ3v) is 0. The molecule has 0 aromatic heterocycles. The average Bonchev–Trinajstić information content (AvgIpc) is 0. The third kappa shape index (κ3) is 30.3. The number of rotatable bonds is 0. The Labute approximate surface area is 95.4 Å². The van der Waals surface area contributed by atoms with Gasteiger partial charge in [-0.1, -0.05) is 0 Å². The molecule has 0 rings (SSSR count). The van der Waals surface area contributed by atoms with Crippen molar-refractivity contribution < 1.29 is 96.9 Å². The van der Waals surface area contributed by atoms with Gasteiger partial charge in [0.05, 0.1) is 0 Å². The first-order valence-electron chi connectivity index (χ1n) is 0. The Morgan fingerprint density at radius 3 is 0.833 bits per heavy atom. The molecule has 0 aliphatic heterocycles. The largest absolute Gasteiger partial charge is 0.412 e. The Balaban J connectivity index is 0. The van der Waals surface area contributed by atoms with Crippen LogP contribution < -0.4 is 0 Å². The summed E-state index contributed by atoms with van der Waals surface area (Å²) in [5, 5.41) is 0. The molecule has 45 valence electrons. The molecular weight excluding hydrogens is 343 g/mol. The first-order valence-corrected chi connectivity index (χ1v) is 0. The van der Waals surface area contributed by atoms with Crippen molar-refractivity contribution in [3.63, 3.8) is 0 Å². The smallest absolute Gasteiger partial charge is 0 e. The Morgan fingerprint density at radius 2 is 0.833 bits per heavy atom. The fourth-order valence-electron chi connectivity index (χ4n) is 0. The Morgan fingerprint density at radius 1 is 0.833 bits per heavy atom. The topological polar surface area (TPSA) is 63.0 Å². The molecule has 0 heterocycles. The predicted octanol–water partition coefficient (Wildman–Crippen LogP) is -1.66. The van der Waals surface area contributed by atoms with Crippen LogP contribution >= 0.6 is 0 Å². The van der Waals surface area contributed by atoms with Crippen LogP contribution in [0.15, 0.2) is 0 Å². The molecule has 0 saturated heterocycles. The Kier molecular flexibility index (Phi) is 585. The molecule has 0 atom stereocenters. The van der Waals surface area contributed by atoms with Crippen LogP contribution in [0.5, 0.6) is 0 Å². The van der Waals surface area contributed by atoms with E-state index < -0.39 is 0 Å². The summed E-state index contributed by atoms with van der Waals surface area (Å²) in [6.07, 6.45) is 0. The van der Waals surface area contributed by atoms with E-state index in [0.717, 1.165) is 0 Å². The van der Waals surface area contributed by atoms with E-state index in [-0.39, 0.29) is 96.9 Å². The van der Waals surface area contributed by atoms with Crippen LogP contribution in [0.2, 0.25) is 0 Å². The molecule has 0 aliphatic rings. The molecule has 3 radical (unpaired) electrons. The van der Waals surface area contributed by atoms with Gasteiger partial charge in [-0.15, -0.1) is 0 Å². The number of hydrogen-bond acceptors (Lipinski definition) is 0. The second-order valence-corrected chi connectivity index (χ2v) is 0. The molecule has 0 bridgehead atoms. The molecule has 0 saturated carbocycles. The van der Waals surface area contributed by atoms with Gasteiger partial charge in [0.25, 0.3) is 0 Å². The molecule has 0 aliphatic carbocycles. The van der Waals surface area contributed by atoms with Gasteiger partial charge in [0.1, 0.15) is 0 Å². The SMILES string of the molecule is O.O.[Co].[La].[Mn].[Ni]. The minimum atomic E-state index is 0. The maximum absolute atomic E-state index is 0. The maximum atomic E-state index is 0. The van der Waals surface area contributed by atoms with E-state index in [1.54, 1.807) is 0 Å². The molecule has 6 heteroatoms. The molecule has 0 amide bonds. The third-order valence-electron chi connectivity index (χ3n) is 0. The minimum absolute atomic E-state index is 0. The van der Waals surface area contributed by atoms with Crippen LogP contribution in [0.3, 0.4) is 0 Å². The molecule has 0 aromatic carbocycles. The summed E-state index contributed by atoms with van der Waals surface area (Å²) in [7, 11) is 0. The summed E-state index contributed by atoms with van der Waals surface area (Å²) in [4.78, 5) is 0. The van der Waals surface area contributed by atoms with Gasteiger partial charge in [-0.05, 0) is 0 Å². The normalized spacial score (nSPS) is 0. The first-order chi connectivity index (χ1) is 0. The van der Waals surface area contributed by atoms with Crippen molar-refractivity contribution in [2.75, 3.05) is 0 Å². The van der Waals surface area contributed by atoms with Gasteiger partial charge in [0.15, 0.2) is 0 Å². The molecule has 0 aromatic rings. The Hall–Kier alpha value is 2.63. The second kappa shape index (κ2) is 48.4. The van der Waals surface area contributed by atoms with Crippen molar-refractivity contribution in [2.24, 2.45) is 0 Å². The van der Waals surface area contributed by atoms with E-state index in [4.69, 9.17) is 0 Å². The molecule has 6 heavy (non-hydrogen) atoms. The first kappa shape index (κ1) is 72.5. The zero-order valence-electron chi connectivity index (χ0n) is 2.60. The van der Waals surface area contributed by atoms with Crippen molar-refractivity contribution in [1.29, 1.82) is 0 Å². The van der Waals surface area contributed by atoms with Crippen molar-refractivity contribution in [2.45, 2.75) is 0 Å². The van der Waals surface area contributed by atoms with E-state index >= 15 is 0 Å². The predicted molar refractivity (Wildman–Crippen MR) is 7.23 cm³/mol.